The van der Waals surface area contributed by atoms with Gasteiger partial charge >= 0.3 is 0 Å². The summed E-state index contributed by atoms with van der Waals surface area (Å²) in [6.07, 6.45) is 6.60. The van der Waals surface area contributed by atoms with Crippen molar-refractivity contribution in [2.45, 2.75) is 72.3 Å². The summed E-state index contributed by atoms with van der Waals surface area (Å²) in [5, 5.41) is 18.3. The molecule has 0 spiro atoms. The number of unbranched alkanes of at least 4 members (excludes halogenated alkanes) is 4. The molecule has 0 saturated heterocycles. The number of aryl methyl sites for hydroxylation is 2. The summed E-state index contributed by atoms with van der Waals surface area (Å²) in [5.74, 6) is 0.980. The van der Waals surface area contributed by atoms with Crippen LogP contribution in [0, 0.1) is 13.8 Å². The summed E-state index contributed by atoms with van der Waals surface area (Å²) in [6.45, 7) is 9.63. The predicted molar refractivity (Wildman–Crippen MR) is 139 cm³/mol. The Labute approximate surface area is 208 Å². The lowest BCUT2D eigenvalue weighted by Gasteiger charge is -2.26. The highest BCUT2D eigenvalue weighted by Crippen LogP contribution is 2.45. The summed E-state index contributed by atoms with van der Waals surface area (Å²) in [5.41, 5.74) is 5.59. The Balaban J connectivity index is 1.69. The van der Waals surface area contributed by atoms with Gasteiger partial charge in [0.25, 0.3) is 5.91 Å². The molecule has 4 rings (SSSR count). The molecule has 0 bridgehead atoms. The molecule has 1 aliphatic rings. The zero-order valence-electron chi connectivity index (χ0n) is 21.4. The van der Waals surface area contributed by atoms with Crippen LogP contribution in [-0.2, 0) is 0 Å². The van der Waals surface area contributed by atoms with Gasteiger partial charge in [0.1, 0.15) is 22.9 Å². The number of phenolic OH excluding ortho intramolecular Hbond substituents is 1. The third-order valence-corrected chi connectivity index (χ3v) is 6.77. The third-order valence-electron chi connectivity index (χ3n) is 6.77. The number of rotatable bonds is 11. The number of hydrogen-bond acceptors (Lipinski definition) is 4. The average Bonchev–Trinajstić information content (AvgIpc) is 3.36. The summed E-state index contributed by atoms with van der Waals surface area (Å²) in [7, 11) is 0. The van der Waals surface area contributed by atoms with E-state index in [1.807, 2.05) is 49.1 Å². The molecule has 0 radical (unpaired) electrons. The second-order valence-electron chi connectivity index (χ2n) is 9.57. The van der Waals surface area contributed by atoms with Crippen LogP contribution >= 0.6 is 0 Å². The minimum Gasteiger partial charge on any atom is -0.507 e. The van der Waals surface area contributed by atoms with E-state index < -0.39 is 0 Å². The maximum atomic E-state index is 13.4. The molecule has 0 saturated carbocycles. The van der Waals surface area contributed by atoms with Gasteiger partial charge in [-0.15, -0.1) is 0 Å². The largest absolute Gasteiger partial charge is 0.507 e. The molecule has 2 N–H and O–H groups in total. The van der Waals surface area contributed by atoms with Gasteiger partial charge in [-0.3, -0.25) is 9.89 Å². The Hall–Kier alpha value is -3.28. The van der Waals surface area contributed by atoms with Crippen LogP contribution in [0.2, 0.25) is 0 Å². The summed E-state index contributed by atoms with van der Waals surface area (Å²) in [4.78, 5) is 15.3. The lowest BCUT2D eigenvalue weighted by atomic mass is 9.93. The molecule has 1 amide bonds. The number of hydrogen-bond donors (Lipinski definition) is 2. The van der Waals surface area contributed by atoms with Crippen molar-refractivity contribution in [2.75, 3.05) is 13.2 Å². The summed E-state index contributed by atoms with van der Waals surface area (Å²) >= 11 is 0. The van der Waals surface area contributed by atoms with Gasteiger partial charge in [0.2, 0.25) is 0 Å². The molecular formula is C29H37N3O3. The fourth-order valence-electron chi connectivity index (χ4n) is 5.01. The normalized spacial score (nSPS) is 15.0. The van der Waals surface area contributed by atoms with E-state index >= 15 is 0 Å². The van der Waals surface area contributed by atoms with Crippen molar-refractivity contribution >= 4 is 5.91 Å². The number of nitrogens with one attached hydrogen (secondary N) is 1. The van der Waals surface area contributed by atoms with Crippen molar-refractivity contribution in [3.63, 3.8) is 0 Å². The number of aromatic amines is 1. The van der Waals surface area contributed by atoms with Crippen molar-refractivity contribution in [3.05, 3.63) is 64.3 Å². The van der Waals surface area contributed by atoms with E-state index in [0.29, 0.717) is 30.1 Å². The lowest BCUT2D eigenvalue weighted by Crippen LogP contribution is -2.30. The van der Waals surface area contributed by atoms with E-state index in [-0.39, 0.29) is 17.7 Å². The number of fused-ring (bicyclic) bond motifs is 1. The van der Waals surface area contributed by atoms with E-state index in [4.69, 9.17) is 4.74 Å². The van der Waals surface area contributed by atoms with Gasteiger partial charge in [-0.2, -0.15) is 5.10 Å². The van der Waals surface area contributed by atoms with Crippen LogP contribution in [0.3, 0.4) is 0 Å². The Kier molecular flexibility index (Phi) is 7.79. The number of phenols is 1. The predicted octanol–water partition coefficient (Wildman–Crippen LogP) is 6.70. The number of amides is 1. The first-order valence-corrected chi connectivity index (χ1v) is 12.9. The van der Waals surface area contributed by atoms with Gasteiger partial charge in [0.05, 0.1) is 12.6 Å². The van der Waals surface area contributed by atoms with Crippen LogP contribution in [-0.4, -0.2) is 39.3 Å². The molecule has 2 heterocycles. The smallest absolute Gasteiger partial charge is 0.273 e. The monoisotopic (exact) mass is 475 g/mol. The highest BCUT2D eigenvalue weighted by Gasteiger charge is 2.42. The molecular weight excluding hydrogens is 438 g/mol. The molecule has 1 unspecified atom stereocenters. The van der Waals surface area contributed by atoms with Crippen LogP contribution < -0.4 is 4.74 Å². The van der Waals surface area contributed by atoms with E-state index in [2.05, 4.69) is 24.0 Å². The van der Waals surface area contributed by atoms with Crippen LogP contribution in [0.1, 0.15) is 91.2 Å². The number of carbonyl (C=O) groups is 1. The molecule has 35 heavy (non-hydrogen) atoms. The second kappa shape index (κ2) is 11.0. The molecule has 0 fully saturated rings. The number of benzene rings is 2. The highest BCUT2D eigenvalue weighted by atomic mass is 16.5. The van der Waals surface area contributed by atoms with Crippen LogP contribution in [0.25, 0.3) is 11.3 Å². The van der Waals surface area contributed by atoms with Crippen molar-refractivity contribution in [1.82, 2.24) is 15.1 Å². The number of aromatic hydroxyl groups is 1. The molecule has 6 nitrogen and oxygen atoms in total. The zero-order chi connectivity index (χ0) is 24.9. The van der Waals surface area contributed by atoms with E-state index in [1.165, 1.54) is 19.3 Å². The minimum atomic E-state index is -0.267. The molecule has 1 aromatic heterocycles. The number of H-pyrrole nitrogens is 1. The highest BCUT2D eigenvalue weighted by molar-refractivity contribution is 6.00. The van der Waals surface area contributed by atoms with Gasteiger partial charge in [-0.05, 0) is 61.6 Å². The van der Waals surface area contributed by atoms with Crippen LogP contribution in [0.15, 0.2) is 36.4 Å². The molecule has 2 aromatic carbocycles. The molecule has 1 atom stereocenters. The lowest BCUT2D eigenvalue weighted by molar-refractivity contribution is 0.0741. The van der Waals surface area contributed by atoms with E-state index in [9.17, 15) is 9.90 Å². The van der Waals surface area contributed by atoms with E-state index in [1.54, 1.807) is 6.07 Å². The van der Waals surface area contributed by atoms with Crippen LogP contribution in [0.4, 0.5) is 0 Å². The molecule has 0 aliphatic carbocycles. The fourth-order valence-corrected chi connectivity index (χ4v) is 5.01. The summed E-state index contributed by atoms with van der Waals surface area (Å²) in [6, 6.07) is 11.6. The van der Waals surface area contributed by atoms with Crippen molar-refractivity contribution < 1.29 is 14.6 Å². The number of aromatic nitrogens is 2. The molecule has 186 valence electrons. The van der Waals surface area contributed by atoms with Gasteiger partial charge in [-0.1, -0.05) is 57.7 Å². The Morgan fingerprint density at radius 2 is 1.77 bits per heavy atom. The first kappa shape index (κ1) is 24.8. The number of carbonyl (C=O) groups excluding carboxylic acids is 1. The molecule has 3 aromatic rings. The van der Waals surface area contributed by atoms with Crippen LogP contribution in [0.5, 0.6) is 11.5 Å². The quantitative estimate of drug-likeness (QED) is 0.302. The third kappa shape index (κ3) is 5.07. The maximum absolute atomic E-state index is 13.4. The SMILES string of the molecule is CCCCCCOc1ccc(C2c3c(-c4c(C)cc(C)cc4O)n[nH]c3C(=O)N2CCCC)cc1. The Bertz CT molecular complexity index is 1140. The average molecular weight is 476 g/mol. The van der Waals surface area contributed by atoms with E-state index in [0.717, 1.165) is 47.3 Å². The molecule has 6 heteroatoms. The zero-order valence-corrected chi connectivity index (χ0v) is 21.4. The van der Waals surface area contributed by atoms with Crippen molar-refractivity contribution in [2.24, 2.45) is 0 Å². The van der Waals surface area contributed by atoms with Crippen molar-refractivity contribution in [1.29, 1.82) is 0 Å². The standard InChI is InChI=1S/C29H37N3O3/c1-5-7-9-10-16-35-22-13-11-21(12-14-22)28-25-26(24-20(4)17-19(3)18-23(24)33)30-31-27(25)29(34)32(28)15-8-6-2/h11-14,17-18,28,33H,5-10,15-16H2,1-4H3,(H,30,31). The topological polar surface area (TPSA) is 78.5 Å². The van der Waals surface area contributed by atoms with Gasteiger partial charge in [-0.25, -0.2) is 0 Å². The van der Waals surface area contributed by atoms with Gasteiger partial charge < -0.3 is 14.7 Å². The Morgan fingerprint density at radius 1 is 1.03 bits per heavy atom. The molecule has 1 aliphatic heterocycles. The first-order valence-electron chi connectivity index (χ1n) is 12.9. The van der Waals surface area contributed by atoms with Gasteiger partial charge in [0, 0.05) is 17.7 Å². The first-order chi connectivity index (χ1) is 17.0. The maximum Gasteiger partial charge on any atom is 0.273 e. The fraction of sp³-hybridized carbons (Fsp3) is 0.448. The number of ether oxygens (including phenoxy) is 1. The van der Waals surface area contributed by atoms with Gasteiger partial charge in [0.15, 0.2) is 0 Å². The number of nitrogens with zero attached hydrogens (tertiary/aromatic N) is 2. The van der Waals surface area contributed by atoms with Crippen molar-refractivity contribution in [3.8, 4) is 22.8 Å². The Morgan fingerprint density at radius 3 is 2.46 bits per heavy atom. The second-order valence-corrected chi connectivity index (χ2v) is 9.57. The summed E-state index contributed by atoms with van der Waals surface area (Å²) < 4.78 is 5.94. The minimum absolute atomic E-state index is 0.0438.